The van der Waals surface area contributed by atoms with Gasteiger partial charge in [-0.2, -0.15) is 0 Å². The average Bonchev–Trinajstić information content (AvgIpc) is 2.43. The summed E-state index contributed by atoms with van der Waals surface area (Å²) in [6, 6.07) is 9.28. The second-order valence-corrected chi connectivity index (χ2v) is 4.63. The van der Waals surface area contributed by atoms with Crippen molar-refractivity contribution in [3.63, 3.8) is 0 Å². The number of benzene rings is 2. The first-order valence-corrected chi connectivity index (χ1v) is 6.63. The smallest absolute Gasteiger partial charge is 0.145 e. The fourth-order valence-electron chi connectivity index (χ4n) is 1.59. The Morgan fingerprint density at radius 1 is 1.15 bits per heavy atom. The van der Waals surface area contributed by atoms with Crippen molar-refractivity contribution >= 4 is 17.3 Å². The molecular weight excluding hydrogens is 281 g/mol. The first-order chi connectivity index (χ1) is 9.60. The first-order valence-electron chi connectivity index (χ1n) is 6.25. The quantitative estimate of drug-likeness (QED) is 0.817. The van der Waals surface area contributed by atoms with Crippen molar-refractivity contribution in [3.8, 4) is 17.2 Å². The Bertz CT molecular complexity index is 604. The van der Waals surface area contributed by atoms with Gasteiger partial charge in [-0.3, -0.25) is 0 Å². The van der Waals surface area contributed by atoms with E-state index in [0.29, 0.717) is 29.5 Å². The fourth-order valence-corrected chi connectivity index (χ4v) is 1.76. The van der Waals surface area contributed by atoms with Crippen molar-refractivity contribution in [3.05, 3.63) is 47.2 Å². The van der Waals surface area contributed by atoms with Crippen LogP contribution >= 0.6 is 11.6 Å². The lowest BCUT2D eigenvalue weighted by molar-refractivity contribution is 0.317. The summed E-state index contributed by atoms with van der Waals surface area (Å²) in [7, 11) is 0. The summed E-state index contributed by atoms with van der Waals surface area (Å²) >= 11 is 5.71. The van der Waals surface area contributed by atoms with Crippen molar-refractivity contribution < 1.29 is 13.9 Å². The van der Waals surface area contributed by atoms with Gasteiger partial charge in [-0.15, -0.1) is 0 Å². The lowest BCUT2D eigenvalue weighted by atomic mass is 10.2. The molecule has 20 heavy (non-hydrogen) atoms. The third-order valence-corrected chi connectivity index (χ3v) is 2.86. The molecular formula is C15H15ClFNO2. The minimum atomic E-state index is -0.483. The molecule has 0 aliphatic heterocycles. The van der Waals surface area contributed by atoms with Gasteiger partial charge in [-0.1, -0.05) is 18.5 Å². The van der Waals surface area contributed by atoms with E-state index < -0.39 is 5.82 Å². The van der Waals surface area contributed by atoms with Crippen LogP contribution < -0.4 is 15.2 Å². The normalized spacial score (nSPS) is 10.3. The molecule has 0 spiro atoms. The van der Waals surface area contributed by atoms with E-state index >= 15 is 0 Å². The maximum Gasteiger partial charge on any atom is 0.145 e. The number of nitrogens with two attached hydrogens (primary N) is 1. The van der Waals surface area contributed by atoms with Gasteiger partial charge in [0.25, 0.3) is 0 Å². The summed E-state index contributed by atoms with van der Waals surface area (Å²) in [4.78, 5) is 0. The van der Waals surface area contributed by atoms with Crippen molar-refractivity contribution in [2.75, 3.05) is 12.3 Å². The van der Waals surface area contributed by atoms with E-state index in [1.807, 2.05) is 6.92 Å². The van der Waals surface area contributed by atoms with Crippen LogP contribution in [0.5, 0.6) is 17.2 Å². The van der Waals surface area contributed by atoms with Gasteiger partial charge < -0.3 is 15.2 Å². The van der Waals surface area contributed by atoms with Crippen LogP contribution in [0.1, 0.15) is 13.3 Å². The Labute approximate surface area is 122 Å². The fraction of sp³-hybridized carbons (Fsp3) is 0.200. The van der Waals surface area contributed by atoms with Gasteiger partial charge in [-0.25, -0.2) is 4.39 Å². The number of rotatable bonds is 5. The van der Waals surface area contributed by atoms with Gasteiger partial charge >= 0.3 is 0 Å². The monoisotopic (exact) mass is 295 g/mol. The molecule has 2 N–H and O–H groups in total. The SMILES string of the molecule is CCCOc1cc(Oc2ccc(F)c(Cl)c2)ccc1N. The Hall–Kier alpha value is -1.94. The standard InChI is InChI=1S/C15H15ClFNO2/c1-2-7-19-15-9-11(4-6-14(15)18)20-10-3-5-13(17)12(16)8-10/h3-6,8-9H,2,7,18H2,1H3. The number of halogens is 2. The van der Waals surface area contributed by atoms with Gasteiger partial charge in [0.2, 0.25) is 0 Å². The van der Waals surface area contributed by atoms with Gasteiger partial charge in [0.15, 0.2) is 0 Å². The third kappa shape index (κ3) is 3.54. The summed E-state index contributed by atoms with van der Waals surface area (Å²) in [6.45, 7) is 2.59. The Balaban J connectivity index is 2.18. The van der Waals surface area contributed by atoms with E-state index in [9.17, 15) is 4.39 Å². The van der Waals surface area contributed by atoms with E-state index in [1.165, 1.54) is 18.2 Å². The molecule has 0 bridgehead atoms. The van der Waals surface area contributed by atoms with Crippen molar-refractivity contribution in [2.45, 2.75) is 13.3 Å². The molecule has 5 heteroatoms. The highest BCUT2D eigenvalue weighted by molar-refractivity contribution is 6.30. The second-order valence-electron chi connectivity index (χ2n) is 4.23. The van der Waals surface area contributed by atoms with E-state index in [0.717, 1.165) is 6.42 Å². The van der Waals surface area contributed by atoms with Gasteiger partial charge in [0, 0.05) is 12.1 Å². The minimum Gasteiger partial charge on any atom is -0.491 e. The molecule has 0 amide bonds. The average molecular weight is 296 g/mol. The molecule has 3 nitrogen and oxygen atoms in total. The van der Waals surface area contributed by atoms with Crippen LogP contribution in [-0.4, -0.2) is 6.61 Å². The highest BCUT2D eigenvalue weighted by Crippen LogP contribution is 2.31. The van der Waals surface area contributed by atoms with Crippen molar-refractivity contribution in [2.24, 2.45) is 0 Å². The molecule has 0 saturated heterocycles. The molecule has 0 atom stereocenters. The molecule has 0 unspecified atom stereocenters. The minimum absolute atomic E-state index is 0.0143. The van der Waals surface area contributed by atoms with Crippen LogP contribution in [0.3, 0.4) is 0 Å². The first kappa shape index (κ1) is 14.5. The zero-order chi connectivity index (χ0) is 14.5. The number of ether oxygens (including phenoxy) is 2. The number of nitrogen functional groups attached to an aromatic ring is 1. The molecule has 2 rings (SSSR count). The Morgan fingerprint density at radius 2 is 1.85 bits per heavy atom. The van der Waals surface area contributed by atoms with Crippen LogP contribution in [0.4, 0.5) is 10.1 Å². The predicted octanol–water partition coefficient (Wildman–Crippen LogP) is 4.64. The summed E-state index contributed by atoms with van der Waals surface area (Å²) in [5, 5.41) is 0.0143. The number of hydrogen-bond donors (Lipinski definition) is 1. The van der Waals surface area contributed by atoms with Crippen LogP contribution in [0.2, 0.25) is 5.02 Å². The summed E-state index contributed by atoms with van der Waals surface area (Å²) in [5.74, 6) is 1.08. The molecule has 0 aliphatic rings. The van der Waals surface area contributed by atoms with Crippen LogP contribution in [0.15, 0.2) is 36.4 Å². The largest absolute Gasteiger partial charge is 0.491 e. The molecule has 0 saturated carbocycles. The topological polar surface area (TPSA) is 44.5 Å². The number of hydrogen-bond acceptors (Lipinski definition) is 3. The van der Waals surface area contributed by atoms with Gasteiger partial charge in [0.1, 0.15) is 23.1 Å². The van der Waals surface area contributed by atoms with Crippen molar-refractivity contribution in [1.29, 1.82) is 0 Å². The maximum absolute atomic E-state index is 13.1. The van der Waals surface area contributed by atoms with E-state index in [2.05, 4.69) is 0 Å². The van der Waals surface area contributed by atoms with E-state index in [-0.39, 0.29) is 5.02 Å². The van der Waals surface area contributed by atoms with E-state index in [1.54, 1.807) is 18.2 Å². The zero-order valence-electron chi connectivity index (χ0n) is 11.0. The zero-order valence-corrected chi connectivity index (χ0v) is 11.8. The second kappa shape index (κ2) is 6.48. The van der Waals surface area contributed by atoms with E-state index in [4.69, 9.17) is 26.8 Å². The van der Waals surface area contributed by atoms with Crippen LogP contribution in [0, 0.1) is 5.82 Å². The molecule has 0 aromatic heterocycles. The maximum atomic E-state index is 13.1. The van der Waals surface area contributed by atoms with Crippen LogP contribution in [0.25, 0.3) is 0 Å². The molecule has 0 aliphatic carbocycles. The van der Waals surface area contributed by atoms with Crippen LogP contribution in [-0.2, 0) is 0 Å². The van der Waals surface area contributed by atoms with Crippen molar-refractivity contribution in [1.82, 2.24) is 0 Å². The molecule has 2 aromatic rings. The Morgan fingerprint density at radius 3 is 2.55 bits per heavy atom. The number of anilines is 1. The Kier molecular flexibility index (Phi) is 4.69. The highest BCUT2D eigenvalue weighted by atomic mass is 35.5. The molecule has 0 radical (unpaired) electrons. The lowest BCUT2D eigenvalue weighted by Crippen LogP contribution is -1.99. The summed E-state index contributed by atoms with van der Waals surface area (Å²) in [5.41, 5.74) is 6.36. The summed E-state index contributed by atoms with van der Waals surface area (Å²) < 4.78 is 24.2. The van der Waals surface area contributed by atoms with Gasteiger partial charge in [-0.05, 0) is 30.7 Å². The predicted molar refractivity (Wildman–Crippen MR) is 78.1 cm³/mol. The molecule has 2 aromatic carbocycles. The molecule has 0 heterocycles. The highest BCUT2D eigenvalue weighted by Gasteiger charge is 2.06. The molecule has 106 valence electrons. The molecule has 0 fully saturated rings. The summed E-state index contributed by atoms with van der Waals surface area (Å²) in [6.07, 6.45) is 0.887. The lowest BCUT2D eigenvalue weighted by Gasteiger charge is -2.11. The van der Waals surface area contributed by atoms with Gasteiger partial charge in [0.05, 0.1) is 17.3 Å². The third-order valence-electron chi connectivity index (χ3n) is 2.57.